The molecule has 0 aliphatic carbocycles. The average Bonchev–Trinajstić information content (AvgIpc) is 2.24. The van der Waals surface area contributed by atoms with Gasteiger partial charge in [0.25, 0.3) is 0 Å². The van der Waals surface area contributed by atoms with Crippen molar-refractivity contribution in [3.8, 4) is 6.07 Å². The Balaban J connectivity index is 2.81. The zero-order valence-corrected chi connectivity index (χ0v) is 10.8. The molecule has 1 unspecified atom stereocenters. The van der Waals surface area contributed by atoms with Crippen molar-refractivity contribution in [2.75, 3.05) is 5.32 Å². The van der Waals surface area contributed by atoms with E-state index in [-0.39, 0.29) is 11.7 Å². The second-order valence-corrected chi connectivity index (χ2v) is 4.37. The van der Waals surface area contributed by atoms with Crippen molar-refractivity contribution >= 4 is 34.2 Å². The fraction of sp³-hybridized carbons (Fsp3) is 0.273. The van der Waals surface area contributed by atoms with Crippen molar-refractivity contribution < 1.29 is 9.18 Å². The Morgan fingerprint density at radius 2 is 2.38 bits per heavy atom. The summed E-state index contributed by atoms with van der Waals surface area (Å²) in [7, 11) is 0. The van der Waals surface area contributed by atoms with Crippen LogP contribution in [0.4, 0.5) is 10.1 Å². The molecule has 5 heteroatoms. The smallest absolute Gasteiger partial charge is 0.241 e. The number of benzene rings is 1. The topological polar surface area (TPSA) is 52.9 Å². The van der Waals surface area contributed by atoms with E-state index in [4.69, 9.17) is 5.26 Å². The fourth-order valence-electron chi connectivity index (χ4n) is 1.15. The molecule has 1 aromatic carbocycles. The van der Waals surface area contributed by atoms with Crippen LogP contribution in [-0.4, -0.2) is 5.91 Å². The molecule has 0 radical (unpaired) electrons. The third kappa shape index (κ3) is 3.17. The van der Waals surface area contributed by atoms with Crippen molar-refractivity contribution in [3.63, 3.8) is 0 Å². The fourth-order valence-corrected chi connectivity index (χ4v) is 1.76. The maximum Gasteiger partial charge on any atom is 0.241 e. The Bertz CT molecular complexity index is 442. The van der Waals surface area contributed by atoms with Gasteiger partial charge in [-0.3, -0.25) is 4.79 Å². The summed E-state index contributed by atoms with van der Waals surface area (Å²) in [5, 5.41) is 11.3. The van der Waals surface area contributed by atoms with E-state index >= 15 is 0 Å². The van der Waals surface area contributed by atoms with Gasteiger partial charge in [0.15, 0.2) is 0 Å². The highest BCUT2D eigenvalue weighted by molar-refractivity contribution is 14.1. The van der Waals surface area contributed by atoms with Gasteiger partial charge in [-0.05, 0) is 47.2 Å². The zero-order valence-electron chi connectivity index (χ0n) is 8.63. The molecule has 0 aromatic heterocycles. The predicted octanol–water partition coefficient (Wildman–Crippen LogP) is 2.92. The Labute approximate surface area is 107 Å². The van der Waals surface area contributed by atoms with Crippen LogP contribution in [0.1, 0.15) is 13.3 Å². The molecular weight excluding hydrogens is 322 g/mol. The minimum atomic E-state index is -0.666. The number of anilines is 1. The number of carbonyl (C=O) groups excluding carboxylic acids is 1. The van der Waals surface area contributed by atoms with Crippen molar-refractivity contribution in [3.05, 3.63) is 27.6 Å². The van der Waals surface area contributed by atoms with Gasteiger partial charge in [-0.25, -0.2) is 4.39 Å². The minimum absolute atomic E-state index is 0.352. The number of amides is 1. The van der Waals surface area contributed by atoms with Crippen molar-refractivity contribution in [1.82, 2.24) is 0 Å². The Kier molecular flexibility index (Phi) is 4.68. The highest BCUT2D eigenvalue weighted by atomic mass is 127. The second-order valence-electron chi connectivity index (χ2n) is 3.20. The quantitative estimate of drug-likeness (QED) is 0.866. The van der Waals surface area contributed by atoms with E-state index in [9.17, 15) is 9.18 Å². The number of nitrogens with zero attached hydrogens (tertiary/aromatic N) is 1. The highest BCUT2D eigenvalue weighted by Gasteiger charge is 2.16. The maximum absolute atomic E-state index is 12.8. The number of carbonyl (C=O) groups is 1. The molecule has 1 atom stereocenters. The van der Waals surface area contributed by atoms with Gasteiger partial charge in [0.1, 0.15) is 11.7 Å². The van der Waals surface area contributed by atoms with Gasteiger partial charge in [-0.2, -0.15) is 5.26 Å². The summed E-state index contributed by atoms with van der Waals surface area (Å²) >= 11 is 1.93. The lowest BCUT2D eigenvalue weighted by Gasteiger charge is -2.09. The maximum atomic E-state index is 12.8. The van der Waals surface area contributed by atoms with E-state index in [0.717, 1.165) is 0 Å². The van der Waals surface area contributed by atoms with E-state index in [1.54, 1.807) is 6.92 Å². The molecule has 16 heavy (non-hydrogen) atoms. The largest absolute Gasteiger partial charge is 0.324 e. The molecule has 0 saturated carbocycles. The average molecular weight is 332 g/mol. The summed E-state index contributed by atoms with van der Waals surface area (Å²) in [5.74, 6) is -1.37. The number of hydrogen-bond donors (Lipinski definition) is 1. The molecule has 0 spiro atoms. The van der Waals surface area contributed by atoms with Crippen LogP contribution < -0.4 is 5.32 Å². The third-order valence-corrected chi connectivity index (χ3v) is 2.96. The van der Waals surface area contributed by atoms with Gasteiger partial charge in [0, 0.05) is 3.57 Å². The lowest BCUT2D eigenvalue weighted by molar-refractivity contribution is -0.118. The molecule has 0 aliphatic heterocycles. The van der Waals surface area contributed by atoms with E-state index in [0.29, 0.717) is 15.7 Å². The van der Waals surface area contributed by atoms with Gasteiger partial charge in [-0.1, -0.05) is 6.92 Å². The molecule has 0 saturated heterocycles. The molecule has 0 fully saturated rings. The Hall–Kier alpha value is -1.16. The predicted molar refractivity (Wildman–Crippen MR) is 67.1 cm³/mol. The number of halogens is 2. The molecule has 1 aromatic rings. The van der Waals surface area contributed by atoms with Gasteiger partial charge >= 0.3 is 0 Å². The van der Waals surface area contributed by atoms with Crippen molar-refractivity contribution in [1.29, 1.82) is 5.26 Å². The standard InChI is InChI=1S/C11H10FIN2O/c1-2-7(6-14)11(16)15-10-4-3-8(12)5-9(10)13/h3-5,7H,2H2,1H3,(H,15,16). The minimum Gasteiger partial charge on any atom is -0.324 e. The second kappa shape index (κ2) is 5.80. The summed E-state index contributed by atoms with van der Waals surface area (Å²) in [4.78, 5) is 11.6. The summed E-state index contributed by atoms with van der Waals surface area (Å²) < 4.78 is 13.4. The lowest BCUT2D eigenvalue weighted by Crippen LogP contribution is -2.21. The van der Waals surface area contributed by atoms with Gasteiger partial charge in [0.2, 0.25) is 5.91 Å². The highest BCUT2D eigenvalue weighted by Crippen LogP contribution is 2.20. The van der Waals surface area contributed by atoms with E-state index in [1.165, 1.54) is 18.2 Å². The van der Waals surface area contributed by atoms with Crippen LogP contribution in [0.15, 0.2) is 18.2 Å². The van der Waals surface area contributed by atoms with E-state index in [2.05, 4.69) is 5.32 Å². The van der Waals surface area contributed by atoms with Gasteiger partial charge in [-0.15, -0.1) is 0 Å². The molecule has 0 bridgehead atoms. The first-order valence-corrected chi connectivity index (χ1v) is 5.82. The first-order valence-electron chi connectivity index (χ1n) is 4.74. The van der Waals surface area contributed by atoms with Crippen LogP contribution >= 0.6 is 22.6 Å². The third-order valence-electron chi connectivity index (χ3n) is 2.07. The molecule has 0 heterocycles. The van der Waals surface area contributed by atoms with Gasteiger partial charge < -0.3 is 5.32 Å². The summed E-state index contributed by atoms with van der Waals surface area (Å²) in [6.45, 7) is 1.77. The summed E-state index contributed by atoms with van der Waals surface area (Å²) in [6, 6.07) is 5.99. The lowest BCUT2D eigenvalue weighted by atomic mass is 10.1. The van der Waals surface area contributed by atoms with Crippen LogP contribution in [0.3, 0.4) is 0 Å². The van der Waals surface area contributed by atoms with Crippen LogP contribution in [0.25, 0.3) is 0 Å². The van der Waals surface area contributed by atoms with Crippen LogP contribution in [0, 0.1) is 26.6 Å². The first-order chi connectivity index (χ1) is 7.58. The molecule has 3 nitrogen and oxygen atoms in total. The van der Waals surface area contributed by atoms with Crippen molar-refractivity contribution in [2.45, 2.75) is 13.3 Å². The SMILES string of the molecule is CCC(C#N)C(=O)Nc1ccc(F)cc1I. The van der Waals surface area contributed by atoms with E-state index in [1.807, 2.05) is 28.7 Å². The van der Waals surface area contributed by atoms with Crippen LogP contribution in [0.5, 0.6) is 0 Å². The number of nitriles is 1. The summed E-state index contributed by atoms with van der Waals surface area (Å²) in [5.41, 5.74) is 0.528. The normalized spacial score (nSPS) is 11.6. The molecule has 1 rings (SSSR count). The van der Waals surface area contributed by atoms with Gasteiger partial charge in [0.05, 0.1) is 11.8 Å². The number of rotatable bonds is 3. The molecule has 84 valence electrons. The molecule has 0 aliphatic rings. The van der Waals surface area contributed by atoms with Crippen LogP contribution in [-0.2, 0) is 4.79 Å². The van der Waals surface area contributed by atoms with Crippen molar-refractivity contribution in [2.24, 2.45) is 5.92 Å². The van der Waals surface area contributed by atoms with E-state index < -0.39 is 5.92 Å². The molecule has 1 amide bonds. The Morgan fingerprint density at radius 1 is 1.69 bits per heavy atom. The molecular formula is C11H10FIN2O. The number of nitrogens with one attached hydrogen (secondary N) is 1. The zero-order chi connectivity index (χ0) is 12.1. The van der Waals surface area contributed by atoms with Crippen LogP contribution in [0.2, 0.25) is 0 Å². The molecule has 1 N–H and O–H groups in total. The monoisotopic (exact) mass is 332 g/mol. The Morgan fingerprint density at radius 3 is 2.88 bits per heavy atom. The first kappa shape index (κ1) is 12.9. The number of hydrogen-bond acceptors (Lipinski definition) is 2. The summed E-state index contributed by atoms with van der Waals surface area (Å²) in [6.07, 6.45) is 0.458.